The summed E-state index contributed by atoms with van der Waals surface area (Å²) in [6, 6.07) is 8.53. The van der Waals surface area contributed by atoms with Gasteiger partial charge in [-0.3, -0.25) is 4.79 Å². The first-order valence-corrected chi connectivity index (χ1v) is 8.29. The fourth-order valence-corrected chi connectivity index (χ4v) is 3.07. The second-order valence-electron chi connectivity index (χ2n) is 6.18. The highest BCUT2D eigenvalue weighted by Crippen LogP contribution is 2.35. The molecule has 130 valence electrons. The third kappa shape index (κ3) is 3.09. The van der Waals surface area contributed by atoms with E-state index in [1.807, 2.05) is 18.2 Å². The van der Waals surface area contributed by atoms with E-state index in [4.69, 9.17) is 4.74 Å². The SMILES string of the molecule is O=C1CC=C(c2ccc(C(=O)O)cc2Oc2cnc3[nH]ccc3c2)CC1. The summed E-state index contributed by atoms with van der Waals surface area (Å²) >= 11 is 0. The quantitative estimate of drug-likeness (QED) is 0.737. The Morgan fingerprint density at radius 3 is 2.85 bits per heavy atom. The number of allylic oxidation sites excluding steroid dienone is 2. The Morgan fingerprint density at radius 2 is 2.08 bits per heavy atom. The number of ether oxygens (including phenoxy) is 1. The molecule has 6 nitrogen and oxygen atoms in total. The number of Topliss-reactive ketones (excluding diaryl/α,β-unsaturated/α-hetero) is 1. The topological polar surface area (TPSA) is 92.3 Å². The van der Waals surface area contributed by atoms with Crippen LogP contribution in [0.5, 0.6) is 11.5 Å². The number of carbonyl (C=O) groups excluding carboxylic acids is 1. The second kappa shape index (κ2) is 6.48. The molecule has 2 heterocycles. The van der Waals surface area contributed by atoms with Crippen molar-refractivity contribution < 1.29 is 19.4 Å². The van der Waals surface area contributed by atoms with Crippen molar-refractivity contribution in [1.82, 2.24) is 9.97 Å². The lowest BCUT2D eigenvalue weighted by molar-refractivity contribution is -0.118. The molecule has 26 heavy (non-hydrogen) atoms. The number of aromatic nitrogens is 2. The van der Waals surface area contributed by atoms with Crippen molar-refractivity contribution in [2.45, 2.75) is 19.3 Å². The first kappa shape index (κ1) is 16.1. The molecule has 2 N–H and O–H groups in total. The smallest absolute Gasteiger partial charge is 0.335 e. The van der Waals surface area contributed by atoms with Crippen molar-refractivity contribution in [3.8, 4) is 11.5 Å². The number of nitrogens with one attached hydrogen (secondary N) is 1. The number of carbonyl (C=O) groups is 2. The number of fused-ring (bicyclic) bond motifs is 1. The van der Waals surface area contributed by atoms with E-state index >= 15 is 0 Å². The van der Waals surface area contributed by atoms with E-state index in [9.17, 15) is 14.7 Å². The van der Waals surface area contributed by atoms with Gasteiger partial charge in [-0.15, -0.1) is 0 Å². The lowest BCUT2D eigenvalue weighted by atomic mass is 9.92. The van der Waals surface area contributed by atoms with Gasteiger partial charge in [0.2, 0.25) is 0 Å². The molecule has 0 atom stereocenters. The van der Waals surface area contributed by atoms with Crippen molar-refractivity contribution in [2.75, 3.05) is 0 Å². The zero-order valence-corrected chi connectivity index (χ0v) is 13.9. The van der Waals surface area contributed by atoms with E-state index in [0.29, 0.717) is 30.8 Å². The third-order valence-electron chi connectivity index (χ3n) is 4.43. The zero-order valence-electron chi connectivity index (χ0n) is 13.9. The molecule has 1 aliphatic carbocycles. The Balaban J connectivity index is 1.75. The Morgan fingerprint density at radius 1 is 1.19 bits per heavy atom. The molecule has 1 aromatic carbocycles. The van der Waals surface area contributed by atoms with Crippen LogP contribution >= 0.6 is 0 Å². The average Bonchev–Trinajstić information content (AvgIpc) is 3.10. The van der Waals surface area contributed by atoms with Crippen molar-refractivity contribution in [1.29, 1.82) is 0 Å². The molecule has 0 saturated carbocycles. The van der Waals surface area contributed by atoms with Crippen molar-refractivity contribution in [3.05, 3.63) is 59.9 Å². The lowest BCUT2D eigenvalue weighted by Crippen LogP contribution is -2.05. The van der Waals surface area contributed by atoms with Gasteiger partial charge in [0.1, 0.15) is 22.9 Å². The zero-order chi connectivity index (χ0) is 18.1. The maximum atomic E-state index is 11.5. The molecule has 0 saturated heterocycles. The number of aromatic amines is 1. The van der Waals surface area contributed by atoms with Crippen LogP contribution in [-0.4, -0.2) is 26.8 Å². The third-order valence-corrected chi connectivity index (χ3v) is 4.43. The normalized spacial score (nSPS) is 14.3. The van der Waals surface area contributed by atoms with E-state index in [1.165, 1.54) is 6.07 Å². The highest BCUT2D eigenvalue weighted by Gasteiger charge is 2.18. The van der Waals surface area contributed by atoms with Crippen LogP contribution in [-0.2, 0) is 4.79 Å². The number of carboxylic acids is 1. The first-order valence-electron chi connectivity index (χ1n) is 8.29. The molecule has 0 bridgehead atoms. The minimum Gasteiger partial charge on any atom is -0.478 e. The number of aromatic carboxylic acids is 1. The van der Waals surface area contributed by atoms with Crippen molar-refractivity contribution in [2.24, 2.45) is 0 Å². The monoisotopic (exact) mass is 348 g/mol. The highest BCUT2D eigenvalue weighted by atomic mass is 16.5. The van der Waals surface area contributed by atoms with Crippen LogP contribution in [0.2, 0.25) is 0 Å². The van der Waals surface area contributed by atoms with E-state index in [0.717, 1.165) is 22.2 Å². The summed E-state index contributed by atoms with van der Waals surface area (Å²) in [4.78, 5) is 30.1. The number of hydrogen-bond donors (Lipinski definition) is 2. The molecular formula is C20H16N2O4. The van der Waals surface area contributed by atoms with Gasteiger partial charge in [-0.25, -0.2) is 9.78 Å². The number of rotatable bonds is 4. The van der Waals surface area contributed by atoms with E-state index in [1.54, 1.807) is 24.5 Å². The van der Waals surface area contributed by atoms with Crippen molar-refractivity contribution in [3.63, 3.8) is 0 Å². The van der Waals surface area contributed by atoms with Gasteiger partial charge in [-0.05, 0) is 36.3 Å². The maximum Gasteiger partial charge on any atom is 0.335 e. The van der Waals surface area contributed by atoms with Gasteiger partial charge >= 0.3 is 5.97 Å². The van der Waals surface area contributed by atoms with Gasteiger partial charge < -0.3 is 14.8 Å². The van der Waals surface area contributed by atoms with Crippen LogP contribution in [0.25, 0.3) is 16.6 Å². The highest BCUT2D eigenvalue weighted by molar-refractivity contribution is 5.91. The molecule has 4 rings (SSSR count). The molecule has 0 spiro atoms. The fraction of sp³-hybridized carbons (Fsp3) is 0.150. The fourth-order valence-electron chi connectivity index (χ4n) is 3.07. The van der Waals surface area contributed by atoms with E-state index in [-0.39, 0.29) is 11.3 Å². The molecule has 6 heteroatoms. The van der Waals surface area contributed by atoms with Crippen LogP contribution in [0, 0.1) is 0 Å². The van der Waals surface area contributed by atoms with Gasteiger partial charge in [-0.1, -0.05) is 12.1 Å². The molecule has 1 aliphatic rings. The number of benzene rings is 1. The van der Waals surface area contributed by atoms with Gasteiger partial charge in [0.25, 0.3) is 0 Å². The molecule has 3 aromatic rings. The van der Waals surface area contributed by atoms with Crippen molar-refractivity contribution >= 4 is 28.4 Å². The largest absolute Gasteiger partial charge is 0.478 e. The van der Waals surface area contributed by atoms with E-state index < -0.39 is 5.97 Å². The molecule has 2 aromatic heterocycles. The summed E-state index contributed by atoms with van der Waals surface area (Å²) in [5, 5.41) is 10.2. The van der Waals surface area contributed by atoms with Crippen LogP contribution in [0.4, 0.5) is 0 Å². The molecular weight excluding hydrogens is 332 g/mol. The number of ketones is 1. The van der Waals surface area contributed by atoms with Crippen LogP contribution in [0.15, 0.2) is 48.8 Å². The minimum atomic E-state index is -1.02. The predicted molar refractivity (Wildman–Crippen MR) is 96.4 cm³/mol. The lowest BCUT2D eigenvalue weighted by Gasteiger charge is -2.17. The number of pyridine rings is 1. The maximum absolute atomic E-state index is 11.5. The van der Waals surface area contributed by atoms with Crippen LogP contribution in [0.3, 0.4) is 0 Å². The van der Waals surface area contributed by atoms with Crippen LogP contribution < -0.4 is 4.74 Å². The molecule has 0 radical (unpaired) electrons. The molecule has 0 amide bonds. The number of nitrogens with zero attached hydrogens (tertiary/aromatic N) is 1. The number of H-pyrrole nitrogens is 1. The van der Waals surface area contributed by atoms with E-state index in [2.05, 4.69) is 9.97 Å². The van der Waals surface area contributed by atoms with Gasteiger partial charge in [0.15, 0.2) is 0 Å². The summed E-state index contributed by atoms with van der Waals surface area (Å²) < 4.78 is 5.99. The molecule has 0 aliphatic heterocycles. The number of carboxylic acid groups (broad SMARTS) is 1. The predicted octanol–water partition coefficient (Wildman–Crippen LogP) is 4.19. The summed E-state index contributed by atoms with van der Waals surface area (Å²) in [6.45, 7) is 0. The Hall–Kier alpha value is -3.41. The Kier molecular flexibility index (Phi) is 4.01. The summed E-state index contributed by atoms with van der Waals surface area (Å²) in [7, 11) is 0. The summed E-state index contributed by atoms with van der Waals surface area (Å²) in [6.07, 6.45) is 6.78. The summed E-state index contributed by atoms with van der Waals surface area (Å²) in [5.41, 5.74) is 2.70. The Labute approximate surface area is 149 Å². The second-order valence-corrected chi connectivity index (χ2v) is 6.18. The van der Waals surface area contributed by atoms with Gasteiger partial charge in [-0.2, -0.15) is 0 Å². The summed E-state index contributed by atoms with van der Waals surface area (Å²) in [5.74, 6) is 0.157. The number of hydrogen-bond acceptors (Lipinski definition) is 4. The standard InChI is InChI=1S/C20H16N2O4/c23-15-4-1-12(2-5-15)17-6-3-14(20(24)25)10-18(17)26-16-9-13-7-8-21-19(13)22-11-16/h1,3,6-11H,2,4-5H2,(H,21,22)(H,24,25). The van der Waals surface area contributed by atoms with Gasteiger partial charge in [0, 0.05) is 30.0 Å². The first-order chi connectivity index (χ1) is 12.6. The average molecular weight is 348 g/mol. The molecule has 0 fully saturated rings. The van der Waals surface area contributed by atoms with Gasteiger partial charge in [0.05, 0.1) is 11.8 Å². The van der Waals surface area contributed by atoms with Crippen LogP contribution in [0.1, 0.15) is 35.2 Å². The molecule has 0 unspecified atom stereocenters. The minimum absolute atomic E-state index is 0.145. The Bertz CT molecular complexity index is 1050.